The summed E-state index contributed by atoms with van der Waals surface area (Å²) in [5.74, 6) is 0.887. The number of alkyl halides is 3. The molecule has 2 aliphatic rings. The minimum atomic E-state index is -4.48. The van der Waals surface area contributed by atoms with Gasteiger partial charge in [0.2, 0.25) is 5.95 Å². The van der Waals surface area contributed by atoms with Crippen molar-refractivity contribution in [3.8, 4) is 0 Å². The van der Waals surface area contributed by atoms with Crippen LogP contribution in [-0.2, 0) is 12.7 Å². The monoisotopic (exact) mass is 487 g/mol. The van der Waals surface area contributed by atoms with E-state index in [1.165, 1.54) is 0 Å². The Morgan fingerprint density at radius 1 is 1.06 bits per heavy atom. The molecule has 1 atom stereocenters. The number of para-hydroxylation sites is 1. The van der Waals surface area contributed by atoms with E-state index in [0.29, 0.717) is 5.95 Å². The highest BCUT2D eigenvalue weighted by Gasteiger charge is 2.54. The highest BCUT2D eigenvalue weighted by Crippen LogP contribution is 2.56. The van der Waals surface area contributed by atoms with E-state index < -0.39 is 17.6 Å². The Morgan fingerprint density at radius 2 is 1.80 bits per heavy atom. The van der Waals surface area contributed by atoms with E-state index in [-0.39, 0.29) is 29.6 Å². The van der Waals surface area contributed by atoms with Gasteiger partial charge in [0.05, 0.1) is 11.1 Å². The van der Waals surface area contributed by atoms with Crippen molar-refractivity contribution in [2.75, 3.05) is 24.3 Å². The fourth-order valence-corrected chi connectivity index (χ4v) is 5.29. The van der Waals surface area contributed by atoms with Crippen molar-refractivity contribution in [1.82, 2.24) is 15.3 Å². The van der Waals surface area contributed by atoms with Gasteiger partial charge in [-0.1, -0.05) is 12.1 Å². The van der Waals surface area contributed by atoms with E-state index in [2.05, 4.69) is 10.6 Å². The van der Waals surface area contributed by atoms with Crippen LogP contribution >= 0.6 is 0 Å². The zero-order chi connectivity index (χ0) is 24.8. The zero-order valence-corrected chi connectivity index (χ0v) is 19.8. The maximum Gasteiger partial charge on any atom is 0.416 e. The average molecular weight is 488 g/mol. The quantitative estimate of drug-likeness (QED) is 0.433. The second-order valence-electron chi connectivity index (χ2n) is 10.0. The molecule has 9 heteroatoms. The third kappa shape index (κ3) is 4.91. The molecule has 1 aromatic heterocycles. The summed E-state index contributed by atoms with van der Waals surface area (Å²) >= 11 is 0. The highest BCUT2D eigenvalue weighted by atomic mass is 19.4. The molecule has 186 valence electrons. The summed E-state index contributed by atoms with van der Waals surface area (Å²) in [6.45, 7) is 0.0993. The molecule has 2 fully saturated rings. The Balaban J connectivity index is 1.18. The van der Waals surface area contributed by atoms with Gasteiger partial charge in [-0.05, 0) is 67.9 Å². The van der Waals surface area contributed by atoms with E-state index in [1.807, 2.05) is 43.3 Å². The first-order chi connectivity index (χ1) is 16.6. The van der Waals surface area contributed by atoms with Crippen LogP contribution in [0.1, 0.15) is 43.2 Å². The average Bonchev–Trinajstić information content (AvgIpc) is 3.50. The normalized spacial score (nSPS) is 24.1. The van der Waals surface area contributed by atoms with Gasteiger partial charge in [-0.2, -0.15) is 18.2 Å². The number of benzene rings is 2. The molecular weight excluding hydrogens is 458 g/mol. The predicted molar refractivity (Wildman–Crippen MR) is 129 cm³/mol. The molecule has 0 aliphatic heterocycles. The van der Waals surface area contributed by atoms with Crippen molar-refractivity contribution in [3.63, 3.8) is 0 Å². The van der Waals surface area contributed by atoms with Crippen LogP contribution in [0, 0.1) is 11.2 Å². The minimum absolute atomic E-state index is 0.0578. The molecule has 0 saturated heterocycles. The van der Waals surface area contributed by atoms with Gasteiger partial charge in [0.15, 0.2) is 0 Å². The maximum absolute atomic E-state index is 14.1. The molecule has 5 rings (SSSR count). The molecule has 0 unspecified atom stereocenters. The van der Waals surface area contributed by atoms with Crippen LogP contribution in [0.15, 0.2) is 42.5 Å². The lowest BCUT2D eigenvalue weighted by Crippen LogP contribution is -2.32. The summed E-state index contributed by atoms with van der Waals surface area (Å²) in [4.78, 5) is 11.4. The van der Waals surface area contributed by atoms with Gasteiger partial charge < -0.3 is 15.5 Å². The second-order valence-corrected chi connectivity index (χ2v) is 10.0. The van der Waals surface area contributed by atoms with Crippen LogP contribution in [0.25, 0.3) is 10.9 Å². The summed E-state index contributed by atoms with van der Waals surface area (Å²) < 4.78 is 53.0. The third-order valence-electron chi connectivity index (χ3n) is 7.42. The minimum Gasteiger partial charge on any atom is -0.362 e. The molecule has 3 aromatic rings. The van der Waals surface area contributed by atoms with Gasteiger partial charge in [0, 0.05) is 43.7 Å². The molecule has 0 bridgehead atoms. The van der Waals surface area contributed by atoms with E-state index in [4.69, 9.17) is 9.97 Å². The van der Waals surface area contributed by atoms with Crippen LogP contribution in [0.5, 0.6) is 0 Å². The fraction of sp³-hybridized carbons (Fsp3) is 0.462. The van der Waals surface area contributed by atoms with Crippen molar-refractivity contribution in [2.24, 2.45) is 5.41 Å². The number of nitrogens with zero attached hydrogens (tertiary/aromatic N) is 3. The van der Waals surface area contributed by atoms with E-state index in [1.54, 1.807) is 0 Å². The van der Waals surface area contributed by atoms with E-state index in [0.717, 1.165) is 67.0 Å². The summed E-state index contributed by atoms with van der Waals surface area (Å²) in [5, 5.41) is 7.82. The Morgan fingerprint density at radius 3 is 2.51 bits per heavy atom. The number of nitrogens with one attached hydrogen (secondary N) is 2. The van der Waals surface area contributed by atoms with Crippen LogP contribution < -0.4 is 15.5 Å². The summed E-state index contributed by atoms with van der Waals surface area (Å²) in [7, 11) is 3.93. The molecule has 5 nitrogen and oxygen atoms in total. The Bertz CT molecular complexity index is 1220. The van der Waals surface area contributed by atoms with Crippen molar-refractivity contribution < 1.29 is 17.6 Å². The second kappa shape index (κ2) is 8.93. The van der Waals surface area contributed by atoms with E-state index in [9.17, 15) is 17.6 Å². The Labute approximate surface area is 201 Å². The van der Waals surface area contributed by atoms with E-state index >= 15 is 0 Å². The summed E-state index contributed by atoms with van der Waals surface area (Å²) in [6.07, 6.45) is 0.421. The number of halogens is 4. The zero-order valence-electron chi connectivity index (χ0n) is 19.8. The number of anilines is 2. The Hall–Kier alpha value is -2.94. The van der Waals surface area contributed by atoms with Gasteiger partial charge >= 0.3 is 6.18 Å². The standard InChI is InChI=1S/C26H29F4N5/c1-35(2)23-19-5-3-4-6-21(19)33-24(34-23)32-18-9-11-25(12-10-18)14-22(25)31-15-16-13-17(26(28,29)30)7-8-20(16)27/h3-8,13,18,22,31H,9-12,14-15H2,1-2H3,(H,32,33,34)/t18?,22-,25?/m1/s1. The maximum atomic E-state index is 14.1. The fourth-order valence-electron chi connectivity index (χ4n) is 5.29. The van der Waals surface area contributed by atoms with Gasteiger partial charge in [-0.25, -0.2) is 9.37 Å². The molecule has 2 aliphatic carbocycles. The molecule has 0 radical (unpaired) electrons. The number of hydrogen-bond acceptors (Lipinski definition) is 5. The largest absolute Gasteiger partial charge is 0.416 e. The summed E-state index contributed by atoms with van der Waals surface area (Å²) in [5.41, 5.74) is 0.285. The molecule has 1 spiro atoms. The number of fused-ring (bicyclic) bond motifs is 1. The van der Waals surface area contributed by atoms with Crippen molar-refractivity contribution in [2.45, 2.75) is 56.9 Å². The van der Waals surface area contributed by atoms with Crippen molar-refractivity contribution in [1.29, 1.82) is 0 Å². The highest BCUT2D eigenvalue weighted by molar-refractivity contribution is 5.90. The predicted octanol–water partition coefficient (Wildman–Crippen LogP) is 5.76. The lowest BCUT2D eigenvalue weighted by molar-refractivity contribution is -0.137. The van der Waals surface area contributed by atoms with Crippen molar-refractivity contribution >= 4 is 22.7 Å². The smallest absolute Gasteiger partial charge is 0.362 e. The number of hydrogen-bond donors (Lipinski definition) is 2. The molecule has 2 N–H and O–H groups in total. The molecule has 35 heavy (non-hydrogen) atoms. The molecule has 1 heterocycles. The van der Waals surface area contributed by atoms with Crippen LogP contribution in [0.3, 0.4) is 0 Å². The molecule has 2 aromatic carbocycles. The third-order valence-corrected chi connectivity index (χ3v) is 7.42. The van der Waals surface area contributed by atoms with Crippen LogP contribution in [0.4, 0.5) is 29.3 Å². The molecular formula is C26H29F4N5. The van der Waals surface area contributed by atoms with Gasteiger partial charge in [-0.15, -0.1) is 0 Å². The van der Waals surface area contributed by atoms with Crippen LogP contribution in [-0.4, -0.2) is 36.1 Å². The topological polar surface area (TPSA) is 53.1 Å². The Kier molecular flexibility index (Phi) is 6.07. The van der Waals surface area contributed by atoms with Crippen molar-refractivity contribution in [3.05, 3.63) is 59.4 Å². The number of rotatable bonds is 6. The first-order valence-corrected chi connectivity index (χ1v) is 11.9. The lowest BCUT2D eigenvalue weighted by atomic mass is 9.83. The van der Waals surface area contributed by atoms with Gasteiger partial charge in [-0.3, -0.25) is 0 Å². The number of aromatic nitrogens is 2. The van der Waals surface area contributed by atoms with Crippen LogP contribution in [0.2, 0.25) is 0 Å². The molecule has 2 saturated carbocycles. The molecule has 0 amide bonds. The summed E-state index contributed by atoms with van der Waals surface area (Å²) in [6, 6.07) is 11.0. The SMILES string of the molecule is CN(C)c1nc(NC2CCC3(CC2)C[C@H]3NCc2cc(C(F)(F)F)ccc2F)nc2ccccc12. The first kappa shape index (κ1) is 23.8. The first-order valence-electron chi connectivity index (χ1n) is 11.9. The van der Waals surface area contributed by atoms with Gasteiger partial charge in [0.1, 0.15) is 11.6 Å². The van der Waals surface area contributed by atoms with Gasteiger partial charge in [0.25, 0.3) is 0 Å². The lowest BCUT2D eigenvalue weighted by Gasteiger charge is -2.30.